The lowest BCUT2D eigenvalue weighted by Crippen LogP contribution is -1.89. The number of aryl methyl sites for hydroxylation is 1. The standard InChI is InChI=1S/C7H4BrClFI/c1-3-2-4(9)5(8)7(11)6(3)10/h2H,1H3. The highest BCUT2D eigenvalue weighted by molar-refractivity contribution is 14.1. The Kier molecular flexibility index (Phi) is 3.17. The van der Waals surface area contributed by atoms with E-state index in [9.17, 15) is 4.39 Å². The van der Waals surface area contributed by atoms with E-state index in [0.29, 0.717) is 18.6 Å². The van der Waals surface area contributed by atoms with E-state index in [0.717, 1.165) is 0 Å². The lowest BCUT2D eigenvalue weighted by atomic mass is 10.2. The van der Waals surface area contributed by atoms with Gasteiger partial charge >= 0.3 is 0 Å². The molecule has 0 N–H and O–H groups in total. The van der Waals surface area contributed by atoms with Crippen LogP contribution in [0.2, 0.25) is 5.02 Å². The summed E-state index contributed by atoms with van der Waals surface area (Å²) in [4.78, 5) is 0. The maximum atomic E-state index is 13.1. The Hall–Kier alpha value is 0.650. The highest BCUT2D eigenvalue weighted by Crippen LogP contribution is 2.31. The van der Waals surface area contributed by atoms with Gasteiger partial charge in [0.25, 0.3) is 0 Å². The number of hydrogen-bond donors (Lipinski definition) is 0. The Morgan fingerprint density at radius 2 is 2.18 bits per heavy atom. The van der Waals surface area contributed by atoms with E-state index in [4.69, 9.17) is 11.6 Å². The molecule has 0 aliphatic carbocycles. The van der Waals surface area contributed by atoms with E-state index >= 15 is 0 Å². The molecule has 0 saturated carbocycles. The number of halogens is 4. The van der Waals surface area contributed by atoms with Crippen molar-refractivity contribution < 1.29 is 4.39 Å². The van der Waals surface area contributed by atoms with E-state index in [1.54, 1.807) is 13.0 Å². The molecule has 4 heteroatoms. The molecule has 0 fully saturated rings. The van der Waals surface area contributed by atoms with Gasteiger partial charge in [0.1, 0.15) is 5.82 Å². The van der Waals surface area contributed by atoms with Gasteiger partial charge in [0.2, 0.25) is 0 Å². The van der Waals surface area contributed by atoms with Crippen LogP contribution in [0.15, 0.2) is 10.5 Å². The van der Waals surface area contributed by atoms with Crippen LogP contribution in [-0.4, -0.2) is 0 Å². The molecule has 0 unspecified atom stereocenters. The van der Waals surface area contributed by atoms with E-state index in [2.05, 4.69) is 15.9 Å². The van der Waals surface area contributed by atoms with Crippen molar-refractivity contribution in [2.45, 2.75) is 6.92 Å². The molecule has 0 aromatic heterocycles. The van der Waals surface area contributed by atoms with E-state index < -0.39 is 0 Å². The summed E-state index contributed by atoms with van der Waals surface area (Å²) in [5.74, 6) is -0.207. The van der Waals surface area contributed by atoms with Gasteiger partial charge in [0.15, 0.2) is 0 Å². The highest BCUT2D eigenvalue weighted by Gasteiger charge is 2.10. The molecule has 0 heterocycles. The number of hydrogen-bond acceptors (Lipinski definition) is 0. The largest absolute Gasteiger partial charge is 0.205 e. The van der Waals surface area contributed by atoms with E-state index in [-0.39, 0.29) is 5.82 Å². The first kappa shape index (κ1) is 9.74. The van der Waals surface area contributed by atoms with Crippen LogP contribution in [0.3, 0.4) is 0 Å². The van der Waals surface area contributed by atoms with Crippen LogP contribution in [0.1, 0.15) is 5.56 Å². The monoisotopic (exact) mass is 348 g/mol. The summed E-state index contributed by atoms with van der Waals surface area (Å²) in [6, 6.07) is 1.60. The van der Waals surface area contributed by atoms with Crippen LogP contribution in [0.4, 0.5) is 4.39 Å². The molecule has 0 spiro atoms. The maximum Gasteiger partial charge on any atom is 0.140 e. The lowest BCUT2D eigenvalue weighted by Gasteiger charge is -2.03. The van der Waals surface area contributed by atoms with Crippen molar-refractivity contribution >= 4 is 50.1 Å². The highest BCUT2D eigenvalue weighted by atomic mass is 127. The molecule has 0 radical (unpaired) electrons. The Morgan fingerprint density at radius 1 is 1.64 bits per heavy atom. The quantitative estimate of drug-likeness (QED) is 0.375. The van der Waals surface area contributed by atoms with Crippen LogP contribution < -0.4 is 0 Å². The molecule has 1 aromatic carbocycles. The van der Waals surface area contributed by atoms with Gasteiger partial charge in [-0.15, -0.1) is 0 Å². The second kappa shape index (κ2) is 3.58. The molecule has 1 rings (SSSR count). The van der Waals surface area contributed by atoms with Crippen LogP contribution in [0, 0.1) is 16.3 Å². The van der Waals surface area contributed by atoms with Crippen LogP contribution >= 0.6 is 50.1 Å². The fourth-order valence-corrected chi connectivity index (χ4v) is 2.11. The average Bonchev–Trinajstić information content (AvgIpc) is 1.97. The third-order valence-corrected chi connectivity index (χ3v) is 4.39. The predicted octanol–water partition coefficient (Wildman–Crippen LogP) is 4.15. The maximum absolute atomic E-state index is 13.1. The van der Waals surface area contributed by atoms with Crippen molar-refractivity contribution in [2.75, 3.05) is 0 Å². The summed E-state index contributed by atoms with van der Waals surface area (Å²) in [5.41, 5.74) is 0.572. The third kappa shape index (κ3) is 1.87. The molecule has 0 aliphatic rings. The minimum absolute atomic E-state index is 0.207. The Labute approximate surface area is 91.4 Å². The van der Waals surface area contributed by atoms with Crippen molar-refractivity contribution in [3.05, 3.63) is 30.5 Å². The first-order valence-electron chi connectivity index (χ1n) is 2.83. The fraction of sp³-hybridized carbons (Fsp3) is 0.143. The van der Waals surface area contributed by atoms with Crippen molar-refractivity contribution in [1.29, 1.82) is 0 Å². The smallest absolute Gasteiger partial charge is 0.140 e. The SMILES string of the molecule is Cc1cc(Cl)c(Br)c(I)c1F. The van der Waals surface area contributed by atoms with Crippen molar-refractivity contribution in [3.8, 4) is 0 Å². The van der Waals surface area contributed by atoms with Crippen LogP contribution in [0.25, 0.3) is 0 Å². The average molecular weight is 349 g/mol. The van der Waals surface area contributed by atoms with Gasteiger partial charge in [0, 0.05) is 0 Å². The molecule has 0 bridgehead atoms. The molecule has 0 aliphatic heterocycles. The zero-order valence-corrected chi connectivity index (χ0v) is 10.1. The Balaban J connectivity index is 3.46. The predicted molar refractivity (Wildman–Crippen MR) is 56.6 cm³/mol. The van der Waals surface area contributed by atoms with Crippen molar-refractivity contribution in [1.82, 2.24) is 0 Å². The van der Waals surface area contributed by atoms with Gasteiger partial charge < -0.3 is 0 Å². The van der Waals surface area contributed by atoms with Gasteiger partial charge in [-0.05, 0) is 57.1 Å². The van der Waals surface area contributed by atoms with Crippen LogP contribution in [0.5, 0.6) is 0 Å². The summed E-state index contributed by atoms with van der Waals surface area (Å²) in [7, 11) is 0. The molecule has 11 heavy (non-hydrogen) atoms. The molecule has 0 amide bonds. The summed E-state index contributed by atoms with van der Waals surface area (Å²) >= 11 is 10.9. The molecule has 60 valence electrons. The Bertz CT molecular complexity index is 275. The van der Waals surface area contributed by atoms with E-state index in [1.807, 2.05) is 22.6 Å². The lowest BCUT2D eigenvalue weighted by molar-refractivity contribution is 0.610. The normalized spacial score (nSPS) is 10.3. The van der Waals surface area contributed by atoms with Gasteiger partial charge in [-0.3, -0.25) is 0 Å². The summed E-state index contributed by atoms with van der Waals surface area (Å²) in [6.45, 7) is 1.69. The summed E-state index contributed by atoms with van der Waals surface area (Å²) in [5, 5.41) is 0.549. The molecular weight excluding hydrogens is 345 g/mol. The van der Waals surface area contributed by atoms with E-state index in [1.165, 1.54) is 0 Å². The van der Waals surface area contributed by atoms with Gasteiger partial charge in [-0.1, -0.05) is 11.6 Å². The van der Waals surface area contributed by atoms with Gasteiger partial charge in [-0.2, -0.15) is 0 Å². The van der Waals surface area contributed by atoms with Crippen LogP contribution in [-0.2, 0) is 0 Å². The van der Waals surface area contributed by atoms with Gasteiger partial charge in [0.05, 0.1) is 13.1 Å². The summed E-state index contributed by atoms with van der Waals surface area (Å²) < 4.78 is 14.2. The molecule has 0 atom stereocenters. The molecule has 0 saturated heterocycles. The second-order valence-corrected chi connectivity index (χ2v) is 4.40. The zero-order chi connectivity index (χ0) is 8.59. The minimum Gasteiger partial charge on any atom is -0.205 e. The third-order valence-electron chi connectivity index (χ3n) is 1.28. The first-order valence-corrected chi connectivity index (χ1v) is 5.08. The number of rotatable bonds is 0. The fourth-order valence-electron chi connectivity index (χ4n) is 0.691. The second-order valence-electron chi connectivity index (χ2n) is 2.12. The molecule has 0 nitrogen and oxygen atoms in total. The summed E-state index contributed by atoms with van der Waals surface area (Å²) in [6.07, 6.45) is 0. The Morgan fingerprint density at radius 3 is 2.73 bits per heavy atom. The molecule has 1 aromatic rings. The molecular formula is C7H4BrClFI. The zero-order valence-electron chi connectivity index (χ0n) is 5.59. The minimum atomic E-state index is -0.207. The van der Waals surface area contributed by atoms with Crippen molar-refractivity contribution in [2.24, 2.45) is 0 Å². The number of benzene rings is 1. The van der Waals surface area contributed by atoms with Gasteiger partial charge in [-0.25, -0.2) is 4.39 Å². The first-order chi connectivity index (χ1) is 5.04. The topological polar surface area (TPSA) is 0 Å². The van der Waals surface area contributed by atoms with Crippen molar-refractivity contribution in [3.63, 3.8) is 0 Å².